The maximum Gasteiger partial charge on any atom is 0.128 e. The van der Waals surface area contributed by atoms with Gasteiger partial charge in [0.05, 0.1) is 10.9 Å². The first-order valence-corrected chi connectivity index (χ1v) is 3.68. The molecule has 0 aliphatic rings. The van der Waals surface area contributed by atoms with Crippen molar-refractivity contribution in [3.05, 3.63) is 23.1 Å². The fourth-order valence-corrected chi connectivity index (χ4v) is 1.42. The Labute approximate surface area is 68.7 Å². The maximum absolute atomic E-state index is 5.06. The Morgan fingerprint density at radius 1 is 1.64 bits per heavy atom. The summed E-state index contributed by atoms with van der Waals surface area (Å²) in [6, 6.07) is 1.93. The first kappa shape index (κ1) is 6.54. The number of nitrogens with one attached hydrogen (secondary N) is 1. The summed E-state index contributed by atoms with van der Waals surface area (Å²) in [5, 5.41) is 4.01. The van der Waals surface area contributed by atoms with E-state index < -0.39 is 0 Å². The van der Waals surface area contributed by atoms with Crippen molar-refractivity contribution >= 4 is 23.1 Å². The van der Waals surface area contributed by atoms with Crippen molar-refractivity contribution in [3.8, 4) is 0 Å². The normalized spacial score (nSPS) is 10.6. The first-order valence-electron chi connectivity index (χ1n) is 3.28. The van der Waals surface area contributed by atoms with Gasteiger partial charge < -0.3 is 0 Å². The minimum absolute atomic E-state index is 0.746. The van der Waals surface area contributed by atoms with E-state index >= 15 is 0 Å². The fourth-order valence-electron chi connectivity index (χ4n) is 1.13. The number of rotatable bonds is 0. The summed E-state index contributed by atoms with van der Waals surface area (Å²) < 4.78 is 2.63. The van der Waals surface area contributed by atoms with Crippen LogP contribution < -0.4 is 0 Å². The number of nitrogens with zero attached hydrogens (tertiary/aromatic N) is 2. The quantitative estimate of drug-likeness (QED) is 0.602. The SMILES string of the molecule is Cn1[nH]c(=S)c2cnccc21. The average Bonchev–Trinajstić information content (AvgIpc) is 2.30. The predicted molar refractivity (Wildman–Crippen MR) is 45.9 cm³/mol. The monoisotopic (exact) mass is 165 g/mol. The molecule has 0 aliphatic carbocycles. The lowest BCUT2D eigenvalue weighted by atomic mass is 10.3. The number of aromatic nitrogens is 3. The summed E-state index contributed by atoms with van der Waals surface area (Å²) in [6.07, 6.45) is 3.53. The van der Waals surface area contributed by atoms with Crippen LogP contribution in [0.3, 0.4) is 0 Å². The van der Waals surface area contributed by atoms with E-state index in [4.69, 9.17) is 12.2 Å². The highest BCUT2D eigenvalue weighted by molar-refractivity contribution is 7.71. The lowest BCUT2D eigenvalue weighted by Gasteiger charge is -1.90. The van der Waals surface area contributed by atoms with Gasteiger partial charge in [-0.05, 0) is 6.07 Å². The molecule has 0 unspecified atom stereocenters. The molecule has 1 N–H and O–H groups in total. The Morgan fingerprint density at radius 3 is 3.18 bits per heavy atom. The molecule has 4 heteroatoms. The topological polar surface area (TPSA) is 33.6 Å². The molecule has 0 spiro atoms. The van der Waals surface area contributed by atoms with Crippen molar-refractivity contribution in [3.63, 3.8) is 0 Å². The van der Waals surface area contributed by atoms with Crippen LogP contribution in [0.5, 0.6) is 0 Å². The van der Waals surface area contributed by atoms with Crippen LogP contribution in [0, 0.1) is 4.64 Å². The van der Waals surface area contributed by atoms with E-state index in [-0.39, 0.29) is 0 Å². The highest BCUT2D eigenvalue weighted by atomic mass is 32.1. The van der Waals surface area contributed by atoms with Gasteiger partial charge in [-0.2, -0.15) is 0 Å². The molecule has 0 saturated carbocycles. The summed E-state index contributed by atoms with van der Waals surface area (Å²) in [7, 11) is 1.93. The van der Waals surface area contributed by atoms with Crippen LogP contribution in [0.25, 0.3) is 10.9 Å². The summed E-state index contributed by atoms with van der Waals surface area (Å²) >= 11 is 5.06. The van der Waals surface area contributed by atoms with Crippen LogP contribution in [0.1, 0.15) is 0 Å². The predicted octanol–water partition coefficient (Wildman–Crippen LogP) is 1.63. The van der Waals surface area contributed by atoms with Gasteiger partial charge in [0.2, 0.25) is 0 Å². The lowest BCUT2D eigenvalue weighted by molar-refractivity contribution is 0.792. The molecule has 11 heavy (non-hydrogen) atoms. The fraction of sp³-hybridized carbons (Fsp3) is 0.143. The zero-order valence-electron chi connectivity index (χ0n) is 6.03. The number of H-pyrrole nitrogens is 1. The largest absolute Gasteiger partial charge is 0.289 e. The summed E-state index contributed by atoms with van der Waals surface area (Å²) in [4.78, 5) is 3.99. The molecule has 2 aromatic rings. The van der Waals surface area contributed by atoms with Crippen LogP contribution in [0.2, 0.25) is 0 Å². The molecule has 2 aromatic heterocycles. The van der Waals surface area contributed by atoms with Crippen LogP contribution in [-0.4, -0.2) is 14.8 Å². The van der Waals surface area contributed by atoms with Crippen molar-refractivity contribution in [2.24, 2.45) is 7.05 Å². The molecule has 0 atom stereocenters. The Hall–Kier alpha value is -1.16. The molecular weight excluding hydrogens is 158 g/mol. The zero-order valence-corrected chi connectivity index (χ0v) is 6.85. The molecule has 0 saturated heterocycles. The minimum Gasteiger partial charge on any atom is -0.289 e. The second-order valence-electron chi connectivity index (χ2n) is 2.39. The van der Waals surface area contributed by atoms with Crippen molar-refractivity contribution in [2.45, 2.75) is 0 Å². The maximum atomic E-state index is 5.06. The van der Waals surface area contributed by atoms with E-state index in [1.54, 1.807) is 12.4 Å². The summed E-state index contributed by atoms with van der Waals surface area (Å²) in [5.74, 6) is 0. The molecule has 3 nitrogen and oxygen atoms in total. The van der Waals surface area contributed by atoms with Gasteiger partial charge in [-0.3, -0.25) is 14.8 Å². The molecule has 2 heterocycles. The number of pyridine rings is 1. The van der Waals surface area contributed by atoms with E-state index in [2.05, 4.69) is 10.1 Å². The summed E-state index contributed by atoms with van der Waals surface area (Å²) in [6.45, 7) is 0. The van der Waals surface area contributed by atoms with E-state index in [0.717, 1.165) is 15.5 Å². The van der Waals surface area contributed by atoms with E-state index in [1.807, 2.05) is 17.8 Å². The number of aryl methyl sites for hydroxylation is 1. The van der Waals surface area contributed by atoms with Crippen molar-refractivity contribution in [2.75, 3.05) is 0 Å². The lowest BCUT2D eigenvalue weighted by Crippen LogP contribution is -1.88. The van der Waals surface area contributed by atoms with Gasteiger partial charge in [-0.25, -0.2) is 0 Å². The first-order chi connectivity index (χ1) is 5.29. The second-order valence-corrected chi connectivity index (χ2v) is 2.80. The Kier molecular flexibility index (Phi) is 1.29. The third-order valence-electron chi connectivity index (χ3n) is 1.67. The molecule has 0 bridgehead atoms. The van der Waals surface area contributed by atoms with Crippen LogP contribution in [-0.2, 0) is 7.05 Å². The number of hydrogen-bond acceptors (Lipinski definition) is 2. The van der Waals surface area contributed by atoms with Gasteiger partial charge in [0.25, 0.3) is 0 Å². The number of hydrogen-bond donors (Lipinski definition) is 1. The Morgan fingerprint density at radius 2 is 2.45 bits per heavy atom. The van der Waals surface area contributed by atoms with Gasteiger partial charge in [-0.15, -0.1) is 0 Å². The average molecular weight is 165 g/mol. The van der Waals surface area contributed by atoms with Crippen molar-refractivity contribution in [1.29, 1.82) is 0 Å². The molecule has 2 rings (SSSR count). The van der Waals surface area contributed by atoms with E-state index in [1.165, 1.54) is 0 Å². The van der Waals surface area contributed by atoms with Gasteiger partial charge in [0.15, 0.2) is 0 Å². The highest BCUT2D eigenvalue weighted by Gasteiger charge is 1.97. The zero-order chi connectivity index (χ0) is 7.84. The summed E-state index contributed by atoms with van der Waals surface area (Å²) in [5.41, 5.74) is 1.09. The Bertz CT molecular complexity index is 440. The minimum atomic E-state index is 0.746. The third kappa shape index (κ3) is 0.867. The van der Waals surface area contributed by atoms with Gasteiger partial charge in [0.1, 0.15) is 4.64 Å². The number of fused-ring (bicyclic) bond motifs is 1. The number of aromatic amines is 1. The van der Waals surface area contributed by atoms with Gasteiger partial charge in [0, 0.05) is 19.4 Å². The second kappa shape index (κ2) is 2.17. The standard InChI is InChI=1S/C7H7N3S/c1-10-6-2-3-8-4-5(6)7(11)9-10/h2-4H,1H3,(H,9,11). The molecule has 0 radical (unpaired) electrons. The van der Waals surface area contributed by atoms with Gasteiger partial charge >= 0.3 is 0 Å². The van der Waals surface area contributed by atoms with Gasteiger partial charge in [-0.1, -0.05) is 12.2 Å². The third-order valence-corrected chi connectivity index (χ3v) is 1.98. The van der Waals surface area contributed by atoms with E-state index in [0.29, 0.717) is 0 Å². The molecule has 0 aromatic carbocycles. The molecule has 0 amide bonds. The van der Waals surface area contributed by atoms with Crippen molar-refractivity contribution < 1.29 is 0 Å². The Balaban J connectivity index is 3.07. The van der Waals surface area contributed by atoms with Crippen molar-refractivity contribution in [1.82, 2.24) is 14.8 Å². The smallest absolute Gasteiger partial charge is 0.128 e. The van der Waals surface area contributed by atoms with Crippen LogP contribution >= 0.6 is 12.2 Å². The van der Waals surface area contributed by atoms with Crippen LogP contribution in [0.15, 0.2) is 18.5 Å². The molecular formula is C7H7N3S. The van der Waals surface area contributed by atoms with E-state index in [9.17, 15) is 0 Å². The van der Waals surface area contributed by atoms with Crippen LogP contribution in [0.4, 0.5) is 0 Å². The molecule has 56 valence electrons. The molecule has 0 aliphatic heterocycles. The molecule has 0 fully saturated rings. The highest BCUT2D eigenvalue weighted by Crippen LogP contribution is 2.11.